The molecule has 1 aliphatic rings. The number of rotatable bonds is 3. The summed E-state index contributed by atoms with van der Waals surface area (Å²) in [6.45, 7) is 9.44. The van der Waals surface area contributed by atoms with Crippen LogP contribution in [0.3, 0.4) is 0 Å². The van der Waals surface area contributed by atoms with Gasteiger partial charge in [0.05, 0.1) is 18.9 Å². The molecule has 2 aromatic heterocycles. The van der Waals surface area contributed by atoms with E-state index in [2.05, 4.69) is 57.4 Å². The molecule has 0 unspecified atom stereocenters. The number of aromatic nitrogens is 3. The summed E-state index contributed by atoms with van der Waals surface area (Å²) in [7, 11) is 0. The maximum atomic E-state index is 5.73. The topological polar surface area (TPSA) is 43.2 Å². The third-order valence-corrected chi connectivity index (χ3v) is 6.71. The highest BCUT2D eigenvalue weighted by atomic mass is 79.9. The first-order valence-corrected chi connectivity index (χ1v) is 11.0. The number of morpholine rings is 1. The first kappa shape index (κ1) is 19.0. The van der Waals surface area contributed by atoms with Crippen molar-refractivity contribution < 1.29 is 4.74 Å². The molecule has 0 radical (unpaired) electrons. The Kier molecular flexibility index (Phi) is 5.33. The molecule has 0 N–H and O–H groups in total. The maximum absolute atomic E-state index is 5.73. The van der Waals surface area contributed by atoms with E-state index in [1.165, 1.54) is 5.56 Å². The van der Waals surface area contributed by atoms with E-state index in [1.54, 1.807) is 11.3 Å². The zero-order valence-electron chi connectivity index (χ0n) is 15.5. The predicted molar refractivity (Wildman–Crippen MR) is 117 cm³/mol. The number of nitrogens with zero attached hydrogens (tertiary/aromatic N) is 4. The van der Waals surface area contributed by atoms with Gasteiger partial charge in [-0.25, -0.2) is 9.97 Å². The Labute approximate surface area is 176 Å². The number of aryl methyl sites for hydroxylation is 1. The summed E-state index contributed by atoms with van der Waals surface area (Å²) < 4.78 is 10.4. The van der Waals surface area contributed by atoms with E-state index < -0.39 is 0 Å². The number of fused-ring (bicyclic) bond motifs is 1. The van der Waals surface area contributed by atoms with Crippen LogP contribution < -0.4 is 4.90 Å². The number of anilines is 1. The van der Waals surface area contributed by atoms with Crippen molar-refractivity contribution in [3.8, 4) is 5.69 Å². The number of thiazole rings is 1. The van der Waals surface area contributed by atoms with Crippen LogP contribution in [-0.2, 0) is 4.74 Å². The SMILES string of the molecule is Cc1nc(N2CCOCC2)c2sc(=S)n(-c3ccc(C(C)C)cc3Br)c2n1. The molecule has 0 aliphatic carbocycles. The van der Waals surface area contributed by atoms with Crippen molar-refractivity contribution in [2.45, 2.75) is 26.7 Å². The van der Waals surface area contributed by atoms with Gasteiger partial charge in [-0.2, -0.15) is 0 Å². The van der Waals surface area contributed by atoms with Gasteiger partial charge in [0.2, 0.25) is 0 Å². The van der Waals surface area contributed by atoms with Crippen molar-refractivity contribution >= 4 is 55.6 Å². The highest BCUT2D eigenvalue weighted by Crippen LogP contribution is 2.35. The lowest BCUT2D eigenvalue weighted by atomic mass is 10.0. The van der Waals surface area contributed by atoms with Gasteiger partial charge in [-0.15, -0.1) is 0 Å². The second-order valence-electron chi connectivity index (χ2n) is 6.92. The minimum atomic E-state index is 0.472. The Morgan fingerprint density at radius 3 is 2.63 bits per heavy atom. The van der Waals surface area contributed by atoms with E-state index >= 15 is 0 Å². The third kappa shape index (κ3) is 3.55. The molecule has 0 bridgehead atoms. The molecule has 3 aromatic rings. The number of hydrogen-bond acceptors (Lipinski definition) is 6. The maximum Gasteiger partial charge on any atom is 0.168 e. The first-order valence-electron chi connectivity index (χ1n) is 8.98. The zero-order valence-corrected chi connectivity index (χ0v) is 18.7. The molecule has 0 amide bonds. The lowest BCUT2D eigenvalue weighted by Gasteiger charge is -2.28. The molecule has 1 aromatic carbocycles. The molecule has 3 heterocycles. The van der Waals surface area contributed by atoms with Crippen molar-refractivity contribution in [1.82, 2.24) is 14.5 Å². The van der Waals surface area contributed by atoms with Crippen LogP contribution >= 0.6 is 39.5 Å². The minimum absolute atomic E-state index is 0.472. The Morgan fingerprint density at radius 2 is 1.96 bits per heavy atom. The molecular weight excluding hydrogens is 444 g/mol. The van der Waals surface area contributed by atoms with Gasteiger partial charge >= 0.3 is 0 Å². The van der Waals surface area contributed by atoms with Gasteiger partial charge in [0.1, 0.15) is 10.5 Å². The Hall–Kier alpha value is -1.35. The lowest BCUT2D eigenvalue weighted by molar-refractivity contribution is 0.122. The number of hydrogen-bond donors (Lipinski definition) is 0. The number of halogens is 1. The van der Waals surface area contributed by atoms with E-state index in [-0.39, 0.29) is 0 Å². The Morgan fingerprint density at radius 1 is 1.22 bits per heavy atom. The van der Waals surface area contributed by atoms with Crippen LogP contribution in [0.4, 0.5) is 5.82 Å². The zero-order chi connectivity index (χ0) is 19.1. The molecular formula is C19H21BrN4OS2. The van der Waals surface area contributed by atoms with Gasteiger partial charge in [-0.1, -0.05) is 31.3 Å². The predicted octanol–water partition coefficient (Wildman–Crippen LogP) is 5.24. The summed E-state index contributed by atoms with van der Waals surface area (Å²) in [4.78, 5) is 11.7. The molecule has 142 valence electrons. The average Bonchev–Trinajstić information content (AvgIpc) is 2.97. The van der Waals surface area contributed by atoms with Crippen molar-refractivity contribution in [2.24, 2.45) is 0 Å². The number of benzene rings is 1. The standard InChI is InChI=1S/C19H21BrN4OS2/c1-11(2)13-4-5-15(14(20)10-13)24-18-16(27-19(24)26)17(21-12(3)22-18)23-6-8-25-9-7-23/h4-5,10-11H,6-9H2,1-3H3. The molecule has 4 rings (SSSR count). The summed E-state index contributed by atoms with van der Waals surface area (Å²) in [5.74, 6) is 2.19. The van der Waals surface area contributed by atoms with Gasteiger partial charge in [0.25, 0.3) is 0 Å². The molecule has 1 fully saturated rings. The van der Waals surface area contributed by atoms with Crippen LogP contribution in [0.2, 0.25) is 0 Å². The minimum Gasteiger partial charge on any atom is -0.378 e. The van der Waals surface area contributed by atoms with Crippen molar-refractivity contribution in [3.63, 3.8) is 0 Å². The van der Waals surface area contributed by atoms with Crippen molar-refractivity contribution in [3.05, 3.63) is 38.0 Å². The first-order chi connectivity index (χ1) is 13.0. The largest absolute Gasteiger partial charge is 0.378 e. The molecule has 1 aliphatic heterocycles. The molecule has 1 saturated heterocycles. The summed E-state index contributed by atoms with van der Waals surface area (Å²) in [6, 6.07) is 6.45. The molecule has 5 nitrogen and oxygen atoms in total. The van der Waals surface area contributed by atoms with Crippen LogP contribution in [0.15, 0.2) is 22.7 Å². The van der Waals surface area contributed by atoms with Gasteiger partial charge in [-0.3, -0.25) is 4.57 Å². The fourth-order valence-electron chi connectivity index (χ4n) is 3.26. The molecule has 0 saturated carbocycles. The van der Waals surface area contributed by atoms with Gasteiger partial charge in [-0.05, 0) is 58.7 Å². The molecule has 8 heteroatoms. The third-order valence-electron chi connectivity index (χ3n) is 4.72. The van der Waals surface area contributed by atoms with E-state index in [4.69, 9.17) is 26.9 Å². The van der Waals surface area contributed by atoms with Crippen molar-refractivity contribution in [1.29, 1.82) is 0 Å². The van der Waals surface area contributed by atoms with E-state index in [0.717, 1.165) is 62.4 Å². The highest BCUT2D eigenvalue weighted by Gasteiger charge is 2.21. The second-order valence-corrected chi connectivity index (χ2v) is 9.41. The smallest absolute Gasteiger partial charge is 0.168 e. The summed E-state index contributed by atoms with van der Waals surface area (Å²) in [6.07, 6.45) is 0. The summed E-state index contributed by atoms with van der Waals surface area (Å²) in [5, 5.41) is 0. The van der Waals surface area contributed by atoms with Crippen LogP contribution in [-0.4, -0.2) is 40.8 Å². The Bertz CT molecular complexity index is 1050. The second kappa shape index (κ2) is 7.58. The lowest BCUT2D eigenvalue weighted by Crippen LogP contribution is -2.37. The van der Waals surface area contributed by atoms with Crippen LogP contribution in [0.1, 0.15) is 31.2 Å². The van der Waals surface area contributed by atoms with E-state index in [1.807, 2.05) is 6.92 Å². The number of ether oxygens (including phenoxy) is 1. The molecule has 27 heavy (non-hydrogen) atoms. The van der Waals surface area contributed by atoms with Crippen LogP contribution in [0.5, 0.6) is 0 Å². The van der Waals surface area contributed by atoms with E-state index in [0.29, 0.717) is 5.92 Å². The normalized spacial score (nSPS) is 15.1. The van der Waals surface area contributed by atoms with Gasteiger partial charge in [0.15, 0.2) is 15.4 Å². The van der Waals surface area contributed by atoms with Crippen LogP contribution in [0.25, 0.3) is 16.0 Å². The fraction of sp³-hybridized carbons (Fsp3) is 0.421. The Balaban J connectivity index is 1.91. The summed E-state index contributed by atoms with van der Waals surface area (Å²) >= 11 is 11.0. The highest BCUT2D eigenvalue weighted by molar-refractivity contribution is 9.10. The van der Waals surface area contributed by atoms with Gasteiger partial charge in [0, 0.05) is 17.6 Å². The fourth-order valence-corrected chi connectivity index (χ4v) is 5.21. The van der Waals surface area contributed by atoms with Crippen LogP contribution in [0, 0.1) is 10.9 Å². The quantitative estimate of drug-likeness (QED) is 0.495. The van der Waals surface area contributed by atoms with E-state index in [9.17, 15) is 0 Å². The molecule has 0 spiro atoms. The summed E-state index contributed by atoms with van der Waals surface area (Å²) in [5.41, 5.74) is 3.18. The average molecular weight is 465 g/mol. The molecule has 0 atom stereocenters. The van der Waals surface area contributed by atoms with Crippen molar-refractivity contribution in [2.75, 3.05) is 31.2 Å². The monoisotopic (exact) mass is 464 g/mol. The van der Waals surface area contributed by atoms with Gasteiger partial charge < -0.3 is 9.64 Å².